The van der Waals surface area contributed by atoms with Crippen molar-refractivity contribution >= 4 is 6.29 Å². The molecule has 1 unspecified atom stereocenters. The number of phenolic OH excluding ortho intramolecular Hbond substituents is 1. The van der Waals surface area contributed by atoms with E-state index >= 15 is 0 Å². The Balaban J connectivity index is 2.87. The molecular weight excluding hydrogens is 198 g/mol. The Kier molecular flexibility index (Phi) is 3.51. The zero-order valence-electron chi connectivity index (χ0n) is 7.96. The van der Waals surface area contributed by atoms with E-state index in [1.807, 2.05) is 0 Å². The molecule has 0 saturated heterocycles. The fourth-order valence-corrected chi connectivity index (χ4v) is 1.18. The first-order valence-corrected chi connectivity index (χ1v) is 4.35. The fraction of sp³-hybridized carbons (Fsp3) is 0.300. The lowest BCUT2D eigenvalue weighted by Crippen LogP contribution is -2.35. The second-order valence-electron chi connectivity index (χ2n) is 3.31. The highest BCUT2D eigenvalue weighted by Gasteiger charge is 2.30. The quantitative estimate of drug-likeness (QED) is 0.550. The minimum atomic E-state index is -1.61. The molecule has 0 heterocycles. The molecule has 80 valence electrons. The van der Waals surface area contributed by atoms with Crippen LogP contribution in [0.15, 0.2) is 29.4 Å². The fourth-order valence-electron chi connectivity index (χ4n) is 1.18. The average Bonchev–Trinajstić information content (AvgIpc) is 2.29. The first-order chi connectivity index (χ1) is 7.15. The number of aliphatic hydroxyl groups is 1. The maximum Gasteiger partial charge on any atom is 0.184 e. The van der Waals surface area contributed by atoms with Gasteiger partial charge in [0.05, 0.1) is 6.61 Å². The van der Waals surface area contributed by atoms with Gasteiger partial charge < -0.3 is 15.0 Å². The molecule has 1 atom stereocenters. The number of aliphatic hydroxyl groups excluding tert-OH is 1. The molecule has 0 aliphatic rings. The summed E-state index contributed by atoms with van der Waals surface area (Å²) in [6, 6.07) is 6.00. The number of hydrogen-bond donors (Lipinski definition) is 2. The normalized spacial score (nSPS) is 14.2. The van der Waals surface area contributed by atoms with Crippen molar-refractivity contribution in [2.45, 2.75) is 12.0 Å². The van der Waals surface area contributed by atoms with Crippen molar-refractivity contribution in [3.63, 3.8) is 0 Å². The van der Waals surface area contributed by atoms with Crippen molar-refractivity contribution in [2.75, 3.05) is 6.61 Å². The number of phenols is 1. The van der Waals surface area contributed by atoms with Gasteiger partial charge in [0, 0.05) is 6.42 Å². The van der Waals surface area contributed by atoms with Gasteiger partial charge in [0.15, 0.2) is 11.8 Å². The van der Waals surface area contributed by atoms with Crippen molar-refractivity contribution in [3.05, 3.63) is 34.7 Å². The Morgan fingerprint density at radius 3 is 2.33 bits per heavy atom. The molecular formula is C10H11NO4. The van der Waals surface area contributed by atoms with Gasteiger partial charge in [0.2, 0.25) is 0 Å². The first kappa shape index (κ1) is 11.3. The predicted octanol–water partition coefficient (Wildman–Crippen LogP) is 0.631. The van der Waals surface area contributed by atoms with Crippen LogP contribution in [0.1, 0.15) is 5.56 Å². The van der Waals surface area contributed by atoms with Crippen LogP contribution in [0.25, 0.3) is 0 Å². The predicted molar refractivity (Wildman–Crippen MR) is 53.5 cm³/mol. The van der Waals surface area contributed by atoms with Gasteiger partial charge in [-0.1, -0.05) is 17.3 Å². The number of aromatic hydroxyl groups is 1. The molecule has 0 fully saturated rings. The summed E-state index contributed by atoms with van der Waals surface area (Å²) in [6.07, 6.45) is 0.365. The van der Waals surface area contributed by atoms with Crippen LogP contribution in [0, 0.1) is 4.91 Å². The number of nitroso groups, excluding NO2 is 1. The van der Waals surface area contributed by atoms with Crippen LogP contribution >= 0.6 is 0 Å². The van der Waals surface area contributed by atoms with Crippen LogP contribution in [0.5, 0.6) is 5.75 Å². The molecule has 0 radical (unpaired) electrons. The number of benzene rings is 1. The monoisotopic (exact) mass is 209 g/mol. The summed E-state index contributed by atoms with van der Waals surface area (Å²) < 4.78 is 0. The number of nitrogens with zero attached hydrogens (tertiary/aromatic N) is 1. The van der Waals surface area contributed by atoms with Crippen molar-refractivity contribution in [2.24, 2.45) is 5.18 Å². The van der Waals surface area contributed by atoms with E-state index in [9.17, 15) is 9.70 Å². The second kappa shape index (κ2) is 4.65. The van der Waals surface area contributed by atoms with E-state index < -0.39 is 12.1 Å². The lowest BCUT2D eigenvalue weighted by Gasteiger charge is -2.16. The van der Waals surface area contributed by atoms with Crippen LogP contribution in [0.4, 0.5) is 0 Å². The van der Waals surface area contributed by atoms with E-state index in [4.69, 9.17) is 10.2 Å². The molecule has 15 heavy (non-hydrogen) atoms. The molecule has 2 N–H and O–H groups in total. The van der Waals surface area contributed by atoms with Gasteiger partial charge in [-0.25, -0.2) is 0 Å². The Bertz CT molecular complexity index is 339. The van der Waals surface area contributed by atoms with Crippen LogP contribution in [0.2, 0.25) is 0 Å². The number of rotatable bonds is 5. The van der Waals surface area contributed by atoms with Gasteiger partial charge in [-0.15, -0.1) is 4.91 Å². The minimum Gasteiger partial charge on any atom is -0.508 e. The Morgan fingerprint density at radius 2 is 1.93 bits per heavy atom. The Morgan fingerprint density at radius 1 is 1.33 bits per heavy atom. The number of aldehydes is 1. The molecule has 0 aromatic heterocycles. The summed E-state index contributed by atoms with van der Waals surface area (Å²) in [6.45, 7) is -0.624. The smallest absolute Gasteiger partial charge is 0.184 e. The average molecular weight is 209 g/mol. The molecule has 1 aromatic carbocycles. The van der Waals surface area contributed by atoms with E-state index in [2.05, 4.69) is 5.18 Å². The SMILES string of the molecule is O=CC(CO)(Cc1ccc(O)cc1)N=O. The summed E-state index contributed by atoms with van der Waals surface area (Å²) in [5.41, 5.74) is -0.967. The second-order valence-corrected chi connectivity index (χ2v) is 3.31. The molecule has 1 aromatic rings. The van der Waals surface area contributed by atoms with Crippen molar-refractivity contribution in [3.8, 4) is 5.75 Å². The highest BCUT2D eigenvalue weighted by Crippen LogP contribution is 2.17. The third-order valence-corrected chi connectivity index (χ3v) is 2.12. The Labute approximate surface area is 86.3 Å². The topological polar surface area (TPSA) is 87.0 Å². The number of carbonyl (C=O) groups is 1. The third kappa shape index (κ3) is 2.60. The van der Waals surface area contributed by atoms with E-state index in [1.165, 1.54) is 12.1 Å². The zero-order chi connectivity index (χ0) is 11.3. The van der Waals surface area contributed by atoms with Gasteiger partial charge in [0.25, 0.3) is 0 Å². The van der Waals surface area contributed by atoms with Crippen LogP contribution in [-0.2, 0) is 11.2 Å². The third-order valence-electron chi connectivity index (χ3n) is 2.12. The maximum absolute atomic E-state index is 10.7. The summed E-state index contributed by atoms with van der Waals surface area (Å²) >= 11 is 0. The summed E-state index contributed by atoms with van der Waals surface area (Å²) in [7, 11) is 0. The zero-order valence-corrected chi connectivity index (χ0v) is 7.96. The largest absolute Gasteiger partial charge is 0.508 e. The molecule has 5 heteroatoms. The van der Waals surface area contributed by atoms with Gasteiger partial charge in [-0.05, 0) is 17.7 Å². The maximum atomic E-state index is 10.7. The first-order valence-electron chi connectivity index (χ1n) is 4.35. The van der Waals surface area contributed by atoms with Gasteiger partial charge in [-0.3, -0.25) is 0 Å². The van der Waals surface area contributed by atoms with Crippen LogP contribution in [0.3, 0.4) is 0 Å². The van der Waals surface area contributed by atoms with Gasteiger partial charge in [0.1, 0.15) is 5.75 Å². The van der Waals surface area contributed by atoms with E-state index in [1.54, 1.807) is 12.1 Å². The minimum absolute atomic E-state index is 0.0246. The summed E-state index contributed by atoms with van der Waals surface area (Å²) in [4.78, 5) is 21.1. The molecule has 5 nitrogen and oxygen atoms in total. The van der Waals surface area contributed by atoms with Crippen molar-refractivity contribution < 1.29 is 15.0 Å². The standard InChI is InChI=1S/C10H11NO4/c12-6-10(7-13,11-15)5-8-1-3-9(14)4-2-8/h1-4,6,13-14H,5,7H2. The van der Waals surface area contributed by atoms with Crippen molar-refractivity contribution in [1.29, 1.82) is 0 Å². The molecule has 1 rings (SSSR count). The molecule has 0 bridgehead atoms. The number of carbonyl (C=O) groups excluding carboxylic acids is 1. The summed E-state index contributed by atoms with van der Waals surface area (Å²) in [5.74, 6) is 0.0958. The number of hydrogen-bond acceptors (Lipinski definition) is 5. The molecule has 0 aliphatic heterocycles. The Hall–Kier alpha value is -1.75. The van der Waals surface area contributed by atoms with E-state index in [-0.39, 0.29) is 12.2 Å². The van der Waals surface area contributed by atoms with E-state index in [0.29, 0.717) is 11.8 Å². The molecule has 0 saturated carbocycles. The highest BCUT2D eigenvalue weighted by molar-refractivity contribution is 5.65. The molecule has 0 aliphatic carbocycles. The van der Waals surface area contributed by atoms with Crippen LogP contribution in [-0.4, -0.2) is 28.6 Å². The molecule has 0 amide bonds. The van der Waals surface area contributed by atoms with Crippen LogP contribution < -0.4 is 0 Å². The van der Waals surface area contributed by atoms with Gasteiger partial charge >= 0.3 is 0 Å². The lowest BCUT2D eigenvalue weighted by atomic mass is 9.94. The lowest BCUT2D eigenvalue weighted by molar-refractivity contribution is -0.113. The molecule has 0 spiro atoms. The highest BCUT2D eigenvalue weighted by atomic mass is 16.3. The van der Waals surface area contributed by atoms with Gasteiger partial charge in [-0.2, -0.15) is 0 Å². The van der Waals surface area contributed by atoms with E-state index in [0.717, 1.165) is 0 Å². The van der Waals surface area contributed by atoms with Crippen molar-refractivity contribution in [1.82, 2.24) is 0 Å². The summed E-state index contributed by atoms with van der Waals surface area (Å²) in [5, 5.41) is 20.6.